The van der Waals surface area contributed by atoms with E-state index in [4.69, 9.17) is 0 Å². The molecule has 0 N–H and O–H groups in total. The van der Waals surface area contributed by atoms with Gasteiger partial charge in [-0.15, -0.1) is 0 Å². The molecule has 0 unspecified atom stereocenters. The number of hydrogen-bond donors (Lipinski definition) is 0. The van der Waals surface area contributed by atoms with Crippen molar-refractivity contribution in [1.82, 2.24) is 9.80 Å². The van der Waals surface area contributed by atoms with E-state index in [0.29, 0.717) is 6.54 Å². The van der Waals surface area contributed by atoms with E-state index in [1.165, 1.54) is 6.07 Å². The van der Waals surface area contributed by atoms with Crippen LogP contribution in [-0.2, 0) is 6.54 Å². The number of halogens is 1. The third kappa shape index (κ3) is 4.40. The lowest BCUT2D eigenvalue weighted by molar-refractivity contribution is 0.273. The van der Waals surface area contributed by atoms with Gasteiger partial charge in [0.2, 0.25) is 0 Å². The first-order valence-corrected chi connectivity index (χ1v) is 5.16. The van der Waals surface area contributed by atoms with Gasteiger partial charge >= 0.3 is 0 Å². The molecule has 84 valence electrons. The van der Waals surface area contributed by atoms with E-state index in [1.54, 1.807) is 6.07 Å². The Morgan fingerprint density at radius 3 is 2.33 bits per heavy atom. The smallest absolute Gasteiger partial charge is 0.127 e. The number of hydrogen-bond acceptors (Lipinski definition) is 2. The van der Waals surface area contributed by atoms with Gasteiger partial charge in [-0.05, 0) is 27.2 Å². The van der Waals surface area contributed by atoms with Crippen molar-refractivity contribution in [2.75, 3.05) is 34.2 Å². The van der Waals surface area contributed by atoms with Crippen LogP contribution in [0, 0.1) is 5.82 Å². The molecule has 0 bridgehead atoms. The highest BCUT2D eigenvalue weighted by Crippen LogP contribution is 2.08. The van der Waals surface area contributed by atoms with Crippen molar-refractivity contribution in [2.24, 2.45) is 0 Å². The maximum absolute atomic E-state index is 13.3. The highest BCUT2D eigenvalue weighted by molar-refractivity contribution is 5.16. The molecule has 0 aliphatic rings. The van der Waals surface area contributed by atoms with E-state index in [2.05, 4.69) is 9.80 Å². The normalized spacial score (nSPS) is 11.3. The average molecular weight is 210 g/mol. The molecule has 0 heterocycles. The molecule has 0 amide bonds. The summed E-state index contributed by atoms with van der Waals surface area (Å²) >= 11 is 0. The maximum Gasteiger partial charge on any atom is 0.127 e. The van der Waals surface area contributed by atoms with Crippen LogP contribution in [0.25, 0.3) is 0 Å². The Bertz CT molecular complexity index is 299. The third-order valence-corrected chi connectivity index (χ3v) is 2.33. The minimum atomic E-state index is -0.116. The van der Waals surface area contributed by atoms with Crippen molar-refractivity contribution in [2.45, 2.75) is 6.54 Å². The van der Waals surface area contributed by atoms with Crippen LogP contribution in [0.5, 0.6) is 0 Å². The second-order valence-corrected chi connectivity index (χ2v) is 4.13. The fraction of sp³-hybridized carbons (Fsp3) is 0.500. The van der Waals surface area contributed by atoms with Gasteiger partial charge in [0.15, 0.2) is 0 Å². The summed E-state index contributed by atoms with van der Waals surface area (Å²) < 4.78 is 13.3. The zero-order valence-electron chi connectivity index (χ0n) is 9.70. The first-order chi connectivity index (χ1) is 7.09. The summed E-state index contributed by atoms with van der Waals surface area (Å²) in [6.45, 7) is 2.60. The maximum atomic E-state index is 13.3. The molecule has 3 heteroatoms. The lowest BCUT2D eigenvalue weighted by Gasteiger charge is -2.19. The molecule has 0 fully saturated rings. The Morgan fingerprint density at radius 2 is 1.73 bits per heavy atom. The van der Waals surface area contributed by atoms with E-state index in [9.17, 15) is 4.39 Å². The highest BCUT2D eigenvalue weighted by atomic mass is 19.1. The average Bonchev–Trinajstić information content (AvgIpc) is 2.18. The van der Waals surface area contributed by atoms with Crippen molar-refractivity contribution in [3.63, 3.8) is 0 Å². The zero-order chi connectivity index (χ0) is 11.3. The van der Waals surface area contributed by atoms with Crippen LogP contribution in [0.15, 0.2) is 24.3 Å². The Labute approximate surface area is 91.3 Å². The number of likely N-dealkylation sites (N-methyl/N-ethyl adjacent to an activating group) is 2. The molecule has 1 rings (SSSR count). The Balaban J connectivity index is 2.44. The Morgan fingerprint density at radius 1 is 1.07 bits per heavy atom. The minimum Gasteiger partial charge on any atom is -0.308 e. The predicted octanol–water partition coefficient (Wildman–Crippen LogP) is 1.82. The molecular formula is C12H19FN2. The summed E-state index contributed by atoms with van der Waals surface area (Å²) in [6.07, 6.45) is 0. The van der Waals surface area contributed by atoms with Gasteiger partial charge in [-0.1, -0.05) is 18.2 Å². The van der Waals surface area contributed by atoms with Gasteiger partial charge in [0.05, 0.1) is 0 Å². The van der Waals surface area contributed by atoms with Gasteiger partial charge in [-0.2, -0.15) is 0 Å². The van der Waals surface area contributed by atoms with Gasteiger partial charge in [0.25, 0.3) is 0 Å². The fourth-order valence-corrected chi connectivity index (χ4v) is 1.37. The molecule has 0 aliphatic heterocycles. The van der Waals surface area contributed by atoms with Crippen molar-refractivity contribution >= 4 is 0 Å². The van der Waals surface area contributed by atoms with Gasteiger partial charge in [-0.25, -0.2) is 4.39 Å². The molecular weight excluding hydrogens is 191 g/mol. The van der Waals surface area contributed by atoms with E-state index >= 15 is 0 Å². The van der Waals surface area contributed by atoms with E-state index < -0.39 is 0 Å². The summed E-state index contributed by atoms with van der Waals surface area (Å²) in [6, 6.07) is 6.94. The van der Waals surface area contributed by atoms with E-state index in [0.717, 1.165) is 18.7 Å². The topological polar surface area (TPSA) is 6.48 Å². The third-order valence-electron chi connectivity index (χ3n) is 2.33. The number of benzene rings is 1. The lowest BCUT2D eigenvalue weighted by atomic mass is 10.2. The van der Waals surface area contributed by atoms with Crippen molar-refractivity contribution in [3.8, 4) is 0 Å². The molecule has 2 nitrogen and oxygen atoms in total. The second kappa shape index (κ2) is 5.83. The monoisotopic (exact) mass is 210 g/mol. The first-order valence-electron chi connectivity index (χ1n) is 5.16. The zero-order valence-corrected chi connectivity index (χ0v) is 9.70. The SMILES string of the molecule is CN(C)CCN(C)Cc1ccccc1F. The van der Waals surface area contributed by atoms with E-state index in [-0.39, 0.29) is 5.82 Å². The second-order valence-electron chi connectivity index (χ2n) is 4.13. The van der Waals surface area contributed by atoms with Crippen molar-refractivity contribution < 1.29 is 4.39 Å². The number of nitrogens with zero attached hydrogens (tertiary/aromatic N) is 2. The molecule has 0 aliphatic carbocycles. The summed E-state index contributed by atoms with van der Waals surface area (Å²) in [5.41, 5.74) is 0.763. The van der Waals surface area contributed by atoms with Crippen LogP contribution in [0.4, 0.5) is 4.39 Å². The van der Waals surface area contributed by atoms with Gasteiger partial charge in [0.1, 0.15) is 5.82 Å². The largest absolute Gasteiger partial charge is 0.308 e. The van der Waals surface area contributed by atoms with Crippen LogP contribution >= 0.6 is 0 Å². The van der Waals surface area contributed by atoms with Crippen LogP contribution < -0.4 is 0 Å². The number of rotatable bonds is 5. The summed E-state index contributed by atoms with van der Waals surface area (Å²) in [4.78, 5) is 4.25. The highest BCUT2D eigenvalue weighted by Gasteiger charge is 2.04. The molecule has 15 heavy (non-hydrogen) atoms. The van der Waals surface area contributed by atoms with Gasteiger partial charge < -0.3 is 9.80 Å². The van der Waals surface area contributed by atoms with Gasteiger partial charge in [-0.3, -0.25) is 0 Å². The molecule has 0 atom stereocenters. The predicted molar refractivity (Wildman–Crippen MR) is 61.3 cm³/mol. The summed E-state index contributed by atoms with van der Waals surface area (Å²) in [5.74, 6) is -0.116. The fourth-order valence-electron chi connectivity index (χ4n) is 1.37. The standard InChI is InChI=1S/C12H19FN2/c1-14(2)8-9-15(3)10-11-6-4-5-7-12(11)13/h4-7H,8-10H2,1-3H3. The quantitative estimate of drug-likeness (QED) is 0.731. The molecule has 0 spiro atoms. The molecule has 0 aromatic heterocycles. The first kappa shape index (κ1) is 12.1. The van der Waals surface area contributed by atoms with E-state index in [1.807, 2.05) is 33.3 Å². The molecule has 0 radical (unpaired) electrons. The lowest BCUT2D eigenvalue weighted by Crippen LogP contribution is -2.28. The Hall–Kier alpha value is -0.930. The van der Waals surface area contributed by atoms with Crippen LogP contribution in [-0.4, -0.2) is 44.0 Å². The molecule has 0 saturated carbocycles. The molecule has 1 aromatic rings. The van der Waals surface area contributed by atoms with Crippen LogP contribution in [0.1, 0.15) is 5.56 Å². The van der Waals surface area contributed by atoms with Gasteiger partial charge in [0, 0.05) is 25.2 Å². The van der Waals surface area contributed by atoms with Crippen molar-refractivity contribution in [3.05, 3.63) is 35.6 Å². The summed E-state index contributed by atoms with van der Waals surface area (Å²) in [7, 11) is 6.09. The molecule has 0 saturated heterocycles. The van der Waals surface area contributed by atoms with Crippen LogP contribution in [0.2, 0.25) is 0 Å². The van der Waals surface area contributed by atoms with Crippen molar-refractivity contribution in [1.29, 1.82) is 0 Å². The minimum absolute atomic E-state index is 0.116. The van der Waals surface area contributed by atoms with Crippen LogP contribution in [0.3, 0.4) is 0 Å². The Kier molecular flexibility index (Phi) is 4.72. The summed E-state index contributed by atoms with van der Waals surface area (Å²) in [5, 5.41) is 0. The molecule has 1 aromatic carbocycles.